The molecule has 3 N–H and O–H groups in total. The number of aliphatic hydroxyl groups is 1. The second-order valence-corrected chi connectivity index (χ2v) is 6.70. The van der Waals surface area contributed by atoms with E-state index in [1.54, 1.807) is 36.4 Å². The first kappa shape index (κ1) is 20.2. The van der Waals surface area contributed by atoms with E-state index in [1.165, 1.54) is 7.11 Å². The molecule has 0 spiro atoms. The van der Waals surface area contributed by atoms with Crippen LogP contribution in [-0.4, -0.2) is 30.8 Å². The van der Waals surface area contributed by atoms with Gasteiger partial charge in [0.25, 0.3) is 0 Å². The maximum Gasteiger partial charge on any atom is 0.309 e. The first-order chi connectivity index (χ1) is 12.4. The van der Waals surface area contributed by atoms with E-state index >= 15 is 0 Å². The lowest BCUT2D eigenvalue weighted by Crippen LogP contribution is -2.37. The standard InChI is InChI=1S/C20H24ClNO4/c1-13(19(22)20(24)15-4-3-5-16(21)11-15)12-26-17-8-6-14(7-9-17)10-18(23)25-2/h3-9,11,13,19-20,24H,10,12,22H2,1-2H3. The van der Waals surface area contributed by atoms with Gasteiger partial charge in [-0.2, -0.15) is 0 Å². The van der Waals surface area contributed by atoms with Gasteiger partial charge < -0.3 is 20.3 Å². The normalized spacial score (nSPS) is 14.3. The maximum atomic E-state index is 11.3. The van der Waals surface area contributed by atoms with E-state index in [0.29, 0.717) is 22.9 Å². The molecule has 0 amide bonds. The minimum atomic E-state index is -0.824. The second kappa shape index (κ2) is 9.57. The molecule has 2 rings (SSSR count). The van der Waals surface area contributed by atoms with Gasteiger partial charge in [-0.1, -0.05) is 42.8 Å². The highest BCUT2D eigenvalue weighted by Gasteiger charge is 2.23. The number of hydrogen-bond acceptors (Lipinski definition) is 5. The highest BCUT2D eigenvalue weighted by Crippen LogP contribution is 2.24. The molecular weight excluding hydrogens is 354 g/mol. The highest BCUT2D eigenvalue weighted by molar-refractivity contribution is 6.30. The lowest BCUT2D eigenvalue weighted by molar-refractivity contribution is -0.139. The van der Waals surface area contributed by atoms with Crippen LogP contribution in [0, 0.1) is 5.92 Å². The molecule has 0 radical (unpaired) electrons. The molecule has 2 aromatic carbocycles. The summed E-state index contributed by atoms with van der Waals surface area (Å²) in [5.74, 6) is 0.307. The Labute approximate surface area is 158 Å². The van der Waals surface area contributed by atoms with Crippen LogP contribution in [-0.2, 0) is 16.0 Å². The lowest BCUT2D eigenvalue weighted by atomic mass is 9.93. The third-order valence-corrected chi connectivity index (χ3v) is 4.46. The molecule has 3 unspecified atom stereocenters. The van der Waals surface area contributed by atoms with Crippen molar-refractivity contribution in [2.24, 2.45) is 11.7 Å². The van der Waals surface area contributed by atoms with Gasteiger partial charge in [0.15, 0.2) is 0 Å². The fraction of sp³-hybridized carbons (Fsp3) is 0.350. The molecule has 0 saturated heterocycles. The van der Waals surface area contributed by atoms with Gasteiger partial charge in [0.1, 0.15) is 5.75 Å². The van der Waals surface area contributed by atoms with E-state index in [2.05, 4.69) is 4.74 Å². The van der Waals surface area contributed by atoms with E-state index < -0.39 is 12.1 Å². The minimum Gasteiger partial charge on any atom is -0.493 e. The Balaban J connectivity index is 1.89. The van der Waals surface area contributed by atoms with Gasteiger partial charge in [0.2, 0.25) is 0 Å². The van der Waals surface area contributed by atoms with Gasteiger partial charge in [-0.25, -0.2) is 0 Å². The Bertz CT molecular complexity index is 720. The van der Waals surface area contributed by atoms with Crippen molar-refractivity contribution in [2.75, 3.05) is 13.7 Å². The van der Waals surface area contributed by atoms with Crippen LogP contribution in [0.1, 0.15) is 24.2 Å². The second-order valence-electron chi connectivity index (χ2n) is 6.26. The number of carbonyl (C=O) groups excluding carboxylic acids is 1. The molecule has 2 aromatic rings. The molecule has 5 nitrogen and oxygen atoms in total. The highest BCUT2D eigenvalue weighted by atomic mass is 35.5. The predicted molar refractivity (Wildman–Crippen MR) is 101 cm³/mol. The third kappa shape index (κ3) is 5.73. The Morgan fingerprint density at radius 2 is 1.92 bits per heavy atom. The number of carbonyl (C=O) groups is 1. The van der Waals surface area contributed by atoms with E-state index in [1.807, 2.05) is 19.1 Å². The number of hydrogen-bond donors (Lipinski definition) is 2. The smallest absolute Gasteiger partial charge is 0.309 e. The van der Waals surface area contributed by atoms with Gasteiger partial charge in [-0.05, 0) is 35.4 Å². The fourth-order valence-electron chi connectivity index (χ4n) is 2.51. The summed E-state index contributed by atoms with van der Waals surface area (Å²) in [5.41, 5.74) is 7.71. The number of aliphatic hydroxyl groups excluding tert-OH is 1. The van der Waals surface area contributed by atoms with Crippen molar-refractivity contribution >= 4 is 17.6 Å². The van der Waals surface area contributed by atoms with Crippen LogP contribution >= 0.6 is 11.6 Å². The molecule has 6 heteroatoms. The van der Waals surface area contributed by atoms with Crippen molar-refractivity contribution < 1.29 is 19.4 Å². The average molecular weight is 378 g/mol. The molecule has 0 bridgehead atoms. The zero-order valence-corrected chi connectivity index (χ0v) is 15.6. The Morgan fingerprint density at radius 3 is 2.54 bits per heavy atom. The monoisotopic (exact) mass is 377 g/mol. The molecule has 140 valence electrons. The number of ether oxygens (including phenoxy) is 2. The van der Waals surface area contributed by atoms with Gasteiger partial charge >= 0.3 is 5.97 Å². The summed E-state index contributed by atoms with van der Waals surface area (Å²) < 4.78 is 10.4. The van der Waals surface area contributed by atoms with Gasteiger partial charge in [0.05, 0.1) is 26.2 Å². The molecule has 3 atom stereocenters. The van der Waals surface area contributed by atoms with Gasteiger partial charge in [-0.3, -0.25) is 4.79 Å². The first-order valence-corrected chi connectivity index (χ1v) is 8.76. The van der Waals surface area contributed by atoms with Crippen LogP contribution in [0.3, 0.4) is 0 Å². The summed E-state index contributed by atoms with van der Waals surface area (Å²) >= 11 is 5.96. The number of methoxy groups -OCH3 is 1. The summed E-state index contributed by atoms with van der Waals surface area (Å²) in [5, 5.41) is 11.0. The Morgan fingerprint density at radius 1 is 1.23 bits per heavy atom. The topological polar surface area (TPSA) is 81.8 Å². The quantitative estimate of drug-likeness (QED) is 0.691. The summed E-state index contributed by atoms with van der Waals surface area (Å²) in [7, 11) is 1.36. The maximum absolute atomic E-state index is 11.3. The molecule has 0 fully saturated rings. The lowest BCUT2D eigenvalue weighted by Gasteiger charge is -2.25. The summed E-state index contributed by atoms with van der Waals surface area (Å²) in [6.07, 6.45) is -0.598. The van der Waals surface area contributed by atoms with Crippen molar-refractivity contribution in [1.82, 2.24) is 0 Å². The summed E-state index contributed by atoms with van der Waals surface area (Å²) in [6.45, 7) is 2.28. The number of nitrogens with two attached hydrogens (primary N) is 1. The largest absolute Gasteiger partial charge is 0.493 e. The van der Waals surface area contributed by atoms with Crippen LogP contribution in [0.2, 0.25) is 5.02 Å². The molecule has 0 heterocycles. The van der Waals surface area contributed by atoms with E-state index in [-0.39, 0.29) is 18.3 Å². The third-order valence-electron chi connectivity index (χ3n) is 4.22. The molecule has 0 aliphatic carbocycles. The van der Waals surface area contributed by atoms with E-state index in [4.69, 9.17) is 22.1 Å². The van der Waals surface area contributed by atoms with E-state index in [0.717, 1.165) is 5.56 Å². The van der Waals surface area contributed by atoms with E-state index in [9.17, 15) is 9.90 Å². The van der Waals surface area contributed by atoms with Crippen LogP contribution in [0.5, 0.6) is 5.75 Å². The predicted octanol–water partition coefficient (Wildman–Crippen LogP) is 3.13. The summed E-state index contributed by atoms with van der Waals surface area (Å²) in [6, 6.07) is 13.8. The molecule has 0 saturated carbocycles. The molecule has 0 aromatic heterocycles. The van der Waals surface area contributed by atoms with Crippen LogP contribution in [0.25, 0.3) is 0 Å². The van der Waals surface area contributed by atoms with Crippen LogP contribution in [0.15, 0.2) is 48.5 Å². The average Bonchev–Trinajstić information content (AvgIpc) is 2.65. The number of benzene rings is 2. The van der Waals surface area contributed by atoms with Crippen LogP contribution < -0.4 is 10.5 Å². The van der Waals surface area contributed by atoms with Gasteiger partial charge in [-0.15, -0.1) is 0 Å². The van der Waals surface area contributed by atoms with Crippen molar-refractivity contribution in [3.8, 4) is 5.75 Å². The summed E-state index contributed by atoms with van der Waals surface area (Å²) in [4.78, 5) is 11.3. The zero-order chi connectivity index (χ0) is 19.1. The molecule has 0 aliphatic heterocycles. The van der Waals surface area contributed by atoms with Crippen molar-refractivity contribution in [3.05, 3.63) is 64.7 Å². The number of esters is 1. The van der Waals surface area contributed by atoms with Gasteiger partial charge in [0, 0.05) is 17.0 Å². The van der Waals surface area contributed by atoms with Crippen molar-refractivity contribution in [3.63, 3.8) is 0 Å². The molecule has 0 aliphatic rings. The zero-order valence-electron chi connectivity index (χ0n) is 14.9. The fourth-order valence-corrected chi connectivity index (χ4v) is 2.70. The van der Waals surface area contributed by atoms with Crippen molar-refractivity contribution in [2.45, 2.75) is 25.5 Å². The minimum absolute atomic E-state index is 0.0845. The van der Waals surface area contributed by atoms with Crippen molar-refractivity contribution in [1.29, 1.82) is 0 Å². The molecule has 26 heavy (non-hydrogen) atoms. The first-order valence-electron chi connectivity index (χ1n) is 8.38. The SMILES string of the molecule is COC(=O)Cc1ccc(OCC(C)C(N)C(O)c2cccc(Cl)c2)cc1. The number of rotatable bonds is 8. The Hall–Kier alpha value is -2.08. The molecular formula is C20H24ClNO4. The van der Waals surface area contributed by atoms with Crippen LogP contribution in [0.4, 0.5) is 0 Å². The Kier molecular flexibility index (Phi) is 7.45. The number of halogens is 1.